The lowest BCUT2D eigenvalue weighted by atomic mass is 9.89. The summed E-state index contributed by atoms with van der Waals surface area (Å²) in [7, 11) is 0. The van der Waals surface area contributed by atoms with Crippen molar-refractivity contribution < 1.29 is 22.8 Å². The van der Waals surface area contributed by atoms with Crippen LogP contribution in [0.15, 0.2) is 35.7 Å². The molecule has 0 spiro atoms. The molecule has 1 aromatic heterocycles. The minimum absolute atomic E-state index is 0.149. The van der Waals surface area contributed by atoms with Gasteiger partial charge < -0.3 is 5.32 Å². The fraction of sp³-hybridized carbons (Fsp3) is 0.353. The minimum Gasteiger partial charge on any atom is -0.312 e. The van der Waals surface area contributed by atoms with Crippen molar-refractivity contribution in [3.8, 4) is 0 Å². The molecule has 0 saturated carbocycles. The van der Waals surface area contributed by atoms with E-state index in [2.05, 4.69) is 4.98 Å². The van der Waals surface area contributed by atoms with Gasteiger partial charge in [0.05, 0.1) is 17.2 Å². The highest BCUT2D eigenvalue weighted by molar-refractivity contribution is 7.09. The van der Waals surface area contributed by atoms with E-state index in [0.29, 0.717) is 10.6 Å². The van der Waals surface area contributed by atoms with E-state index < -0.39 is 23.7 Å². The average Bonchev–Trinajstić information content (AvgIpc) is 3.14. The number of halogens is 3. The van der Waals surface area contributed by atoms with Crippen molar-refractivity contribution >= 4 is 23.3 Å². The first kappa shape index (κ1) is 18.4. The molecule has 138 valence electrons. The number of rotatable bonds is 4. The molecule has 1 atom stereocenters. The van der Waals surface area contributed by atoms with Gasteiger partial charge in [0.2, 0.25) is 5.54 Å². The van der Waals surface area contributed by atoms with E-state index in [-0.39, 0.29) is 18.0 Å². The molecule has 1 saturated heterocycles. The Morgan fingerprint density at radius 3 is 2.42 bits per heavy atom. The van der Waals surface area contributed by atoms with Crippen LogP contribution in [0.3, 0.4) is 0 Å². The second kappa shape index (κ2) is 6.39. The second-order valence-electron chi connectivity index (χ2n) is 6.27. The molecule has 1 aliphatic rings. The number of urea groups is 1. The predicted octanol–water partition coefficient (Wildman–Crippen LogP) is 3.78. The first-order chi connectivity index (χ1) is 12.2. The smallest absolute Gasteiger partial charge is 0.312 e. The van der Waals surface area contributed by atoms with Crippen molar-refractivity contribution in [1.82, 2.24) is 15.2 Å². The normalized spacial score (nSPS) is 20.8. The highest BCUT2D eigenvalue weighted by Crippen LogP contribution is 2.43. The van der Waals surface area contributed by atoms with Gasteiger partial charge in [-0.15, -0.1) is 11.3 Å². The number of alkyl halides is 3. The maximum absolute atomic E-state index is 13.9. The van der Waals surface area contributed by atoms with Crippen molar-refractivity contribution in [3.05, 3.63) is 52.0 Å². The molecule has 1 fully saturated rings. The van der Waals surface area contributed by atoms with E-state index in [9.17, 15) is 22.8 Å². The highest BCUT2D eigenvalue weighted by atomic mass is 32.1. The number of amides is 3. The molecular weight excluding hydrogens is 367 g/mol. The van der Waals surface area contributed by atoms with Gasteiger partial charge in [0.1, 0.15) is 0 Å². The van der Waals surface area contributed by atoms with Crippen LogP contribution in [0.25, 0.3) is 0 Å². The molecule has 0 radical (unpaired) electrons. The molecule has 2 heterocycles. The summed E-state index contributed by atoms with van der Waals surface area (Å²) in [5.41, 5.74) is -3.02. The van der Waals surface area contributed by atoms with E-state index in [4.69, 9.17) is 0 Å². The first-order valence-electron chi connectivity index (χ1n) is 7.87. The Balaban J connectivity index is 1.97. The fourth-order valence-electron chi connectivity index (χ4n) is 2.78. The largest absolute Gasteiger partial charge is 0.425 e. The Morgan fingerprint density at radius 2 is 1.88 bits per heavy atom. The van der Waals surface area contributed by atoms with Gasteiger partial charge in [-0.3, -0.25) is 9.69 Å². The summed E-state index contributed by atoms with van der Waals surface area (Å²) in [6.45, 7) is 3.55. The molecule has 1 N–H and O–H groups in total. The summed E-state index contributed by atoms with van der Waals surface area (Å²) in [4.78, 5) is 29.8. The third-order valence-electron chi connectivity index (χ3n) is 4.12. The lowest BCUT2D eigenvalue weighted by molar-refractivity contribution is -0.198. The van der Waals surface area contributed by atoms with Crippen LogP contribution in [0.2, 0.25) is 0 Å². The molecule has 5 nitrogen and oxygen atoms in total. The van der Waals surface area contributed by atoms with Gasteiger partial charge in [0.25, 0.3) is 5.91 Å². The SMILES string of the molecule is CC(C)c1nc(CN2C(=O)NC(c3ccccc3)(C(F)(F)F)C2=O)cs1. The van der Waals surface area contributed by atoms with Crippen LogP contribution in [0, 0.1) is 0 Å². The average molecular weight is 383 g/mol. The lowest BCUT2D eigenvalue weighted by Gasteiger charge is -2.29. The Labute approximate surface area is 151 Å². The zero-order valence-electron chi connectivity index (χ0n) is 14.0. The number of nitrogens with one attached hydrogen (secondary N) is 1. The number of hydrogen-bond donors (Lipinski definition) is 1. The van der Waals surface area contributed by atoms with Crippen LogP contribution < -0.4 is 5.32 Å². The van der Waals surface area contributed by atoms with E-state index in [1.807, 2.05) is 19.2 Å². The lowest BCUT2D eigenvalue weighted by Crippen LogP contribution is -2.55. The molecule has 1 aromatic carbocycles. The van der Waals surface area contributed by atoms with Gasteiger partial charge in [0, 0.05) is 11.3 Å². The van der Waals surface area contributed by atoms with E-state index >= 15 is 0 Å². The van der Waals surface area contributed by atoms with Crippen molar-refractivity contribution in [2.75, 3.05) is 0 Å². The minimum atomic E-state index is -4.99. The van der Waals surface area contributed by atoms with Gasteiger partial charge in [0.15, 0.2) is 0 Å². The van der Waals surface area contributed by atoms with E-state index in [1.54, 1.807) is 5.38 Å². The number of carbonyl (C=O) groups is 2. The number of benzene rings is 1. The number of thiazole rings is 1. The summed E-state index contributed by atoms with van der Waals surface area (Å²) in [6.07, 6.45) is -4.99. The monoisotopic (exact) mass is 383 g/mol. The molecule has 3 amide bonds. The zero-order chi connectivity index (χ0) is 19.1. The Kier molecular flexibility index (Phi) is 4.51. The zero-order valence-corrected chi connectivity index (χ0v) is 14.8. The maximum Gasteiger partial charge on any atom is 0.425 e. The molecule has 9 heteroatoms. The Hall–Kier alpha value is -2.42. The summed E-state index contributed by atoms with van der Waals surface area (Å²) >= 11 is 1.34. The summed E-state index contributed by atoms with van der Waals surface area (Å²) in [5, 5.41) is 4.30. The number of aromatic nitrogens is 1. The molecule has 26 heavy (non-hydrogen) atoms. The Bertz CT molecular complexity index is 835. The Morgan fingerprint density at radius 1 is 1.23 bits per heavy atom. The standard InChI is InChI=1S/C17H16F3N3O2S/c1-10(2)13-21-12(9-26-13)8-23-14(24)16(17(18,19)20,22-15(23)25)11-6-4-3-5-7-11/h3-7,9-10H,8H2,1-2H3,(H,22,25). The predicted molar refractivity (Wildman–Crippen MR) is 89.5 cm³/mol. The number of nitrogens with zero attached hydrogens (tertiary/aromatic N) is 2. The number of carbonyl (C=O) groups excluding carboxylic acids is 2. The molecule has 3 rings (SSSR count). The fourth-order valence-corrected chi connectivity index (χ4v) is 3.61. The number of hydrogen-bond acceptors (Lipinski definition) is 4. The van der Waals surface area contributed by atoms with E-state index in [1.165, 1.54) is 41.7 Å². The summed E-state index contributed by atoms with van der Waals surface area (Å²) in [6, 6.07) is 5.58. The van der Waals surface area contributed by atoms with Crippen molar-refractivity contribution in [1.29, 1.82) is 0 Å². The van der Waals surface area contributed by atoms with Crippen LogP contribution in [0.1, 0.15) is 36.0 Å². The molecule has 1 unspecified atom stereocenters. The van der Waals surface area contributed by atoms with Gasteiger partial charge >= 0.3 is 12.2 Å². The van der Waals surface area contributed by atoms with Crippen molar-refractivity contribution in [2.24, 2.45) is 0 Å². The first-order valence-corrected chi connectivity index (χ1v) is 8.75. The van der Waals surface area contributed by atoms with Gasteiger partial charge in [-0.25, -0.2) is 9.78 Å². The second-order valence-corrected chi connectivity index (χ2v) is 7.16. The molecule has 0 aliphatic carbocycles. The summed E-state index contributed by atoms with van der Waals surface area (Å²) in [5.74, 6) is -1.20. The van der Waals surface area contributed by atoms with Crippen LogP contribution >= 0.6 is 11.3 Å². The molecule has 0 bridgehead atoms. The van der Waals surface area contributed by atoms with Gasteiger partial charge in [-0.2, -0.15) is 13.2 Å². The third-order valence-corrected chi connectivity index (χ3v) is 5.32. The van der Waals surface area contributed by atoms with Crippen molar-refractivity contribution in [2.45, 2.75) is 38.0 Å². The molecule has 2 aromatic rings. The summed E-state index contributed by atoms with van der Waals surface area (Å²) < 4.78 is 41.6. The third kappa shape index (κ3) is 2.86. The maximum atomic E-state index is 13.9. The van der Waals surface area contributed by atoms with Crippen LogP contribution in [-0.4, -0.2) is 28.0 Å². The van der Waals surface area contributed by atoms with Crippen LogP contribution in [-0.2, 0) is 16.9 Å². The van der Waals surface area contributed by atoms with Crippen LogP contribution in [0.4, 0.5) is 18.0 Å². The highest BCUT2D eigenvalue weighted by Gasteiger charge is 2.68. The molecule has 1 aliphatic heterocycles. The van der Waals surface area contributed by atoms with Crippen LogP contribution in [0.5, 0.6) is 0 Å². The van der Waals surface area contributed by atoms with Crippen molar-refractivity contribution in [3.63, 3.8) is 0 Å². The number of imide groups is 1. The quantitative estimate of drug-likeness (QED) is 0.818. The topological polar surface area (TPSA) is 62.3 Å². The van der Waals surface area contributed by atoms with Gasteiger partial charge in [-0.05, 0) is 5.56 Å². The molecular formula is C17H16F3N3O2S. The van der Waals surface area contributed by atoms with Gasteiger partial charge in [-0.1, -0.05) is 44.2 Å². The van der Waals surface area contributed by atoms with E-state index in [0.717, 1.165) is 5.01 Å².